The molecular formula is C9H14F2. The molecule has 1 aliphatic rings. The van der Waals surface area contributed by atoms with Crippen LogP contribution in [0.3, 0.4) is 0 Å². The summed E-state index contributed by atoms with van der Waals surface area (Å²) in [6.07, 6.45) is 1.55. The van der Waals surface area contributed by atoms with Gasteiger partial charge < -0.3 is 0 Å². The predicted molar refractivity (Wildman–Crippen MR) is 41.5 cm³/mol. The summed E-state index contributed by atoms with van der Waals surface area (Å²) in [6.45, 7) is 4.28. The van der Waals surface area contributed by atoms with Crippen molar-refractivity contribution in [2.75, 3.05) is 0 Å². The lowest BCUT2D eigenvalue weighted by molar-refractivity contribution is 0.266. The van der Waals surface area contributed by atoms with Crippen molar-refractivity contribution in [2.45, 2.75) is 39.5 Å². The van der Waals surface area contributed by atoms with Crippen molar-refractivity contribution >= 4 is 0 Å². The summed E-state index contributed by atoms with van der Waals surface area (Å²) in [4.78, 5) is 0. The number of halogens is 2. The van der Waals surface area contributed by atoms with Gasteiger partial charge >= 0.3 is 0 Å². The third kappa shape index (κ3) is 2.28. The molecule has 0 aromatic heterocycles. The molecule has 0 radical (unpaired) electrons. The van der Waals surface area contributed by atoms with Crippen molar-refractivity contribution in [3.05, 3.63) is 11.7 Å². The van der Waals surface area contributed by atoms with E-state index in [1.165, 1.54) is 0 Å². The van der Waals surface area contributed by atoms with Crippen molar-refractivity contribution < 1.29 is 8.78 Å². The molecule has 0 unspecified atom stereocenters. The Labute approximate surface area is 66.3 Å². The summed E-state index contributed by atoms with van der Waals surface area (Å²) in [7, 11) is 0. The summed E-state index contributed by atoms with van der Waals surface area (Å²) in [5.41, 5.74) is 0.656. The van der Waals surface area contributed by atoms with Crippen LogP contribution >= 0.6 is 0 Å². The maximum Gasteiger partial charge on any atom is 0.269 e. The summed E-state index contributed by atoms with van der Waals surface area (Å²) < 4.78 is 24.1. The van der Waals surface area contributed by atoms with Crippen molar-refractivity contribution in [3.63, 3.8) is 0 Å². The van der Waals surface area contributed by atoms with Gasteiger partial charge in [-0.25, -0.2) is 0 Å². The molecule has 0 N–H and O–H groups in total. The predicted octanol–water partition coefficient (Wildman–Crippen LogP) is 3.74. The van der Waals surface area contributed by atoms with E-state index >= 15 is 0 Å². The van der Waals surface area contributed by atoms with E-state index in [0.29, 0.717) is 18.4 Å². The van der Waals surface area contributed by atoms with Gasteiger partial charge in [-0.2, -0.15) is 8.78 Å². The van der Waals surface area contributed by atoms with Crippen molar-refractivity contribution in [1.29, 1.82) is 0 Å². The molecule has 0 aliphatic heterocycles. The van der Waals surface area contributed by atoms with Crippen LogP contribution in [0.1, 0.15) is 39.5 Å². The number of rotatable bonds is 0. The van der Waals surface area contributed by atoms with Crippen LogP contribution < -0.4 is 0 Å². The first-order valence-corrected chi connectivity index (χ1v) is 4.04. The van der Waals surface area contributed by atoms with Crippen LogP contribution in [-0.4, -0.2) is 0 Å². The SMILES string of the molecule is CC1(C)CCC(=C(F)F)CC1. The summed E-state index contributed by atoms with van der Waals surface area (Å²) >= 11 is 0. The molecule has 0 bridgehead atoms. The number of hydrogen-bond donors (Lipinski definition) is 0. The van der Waals surface area contributed by atoms with Gasteiger partial charge in [-0.3, -0.25) is 0 Å². The lowest BCUT2D eigenvalue weighted by Crippen LogP contribution is -2.16. The lowest BCUT2D eigenvalue weighted by atomic mass is 9.76. The molecule has 0 atom stereocenters. The Morgan fingerprint density at radius 1 is 1.18 bits per heavy atom. The Balaban J connectivity index is 2.56. The fraction of sp³-hybridized carbons (Fsp3) is 0.778. The Morgan fingerprint density at radius 2 is 1.64 bits per heavy atom. The standard InChI is InChI=1S/C9H14F2/c1-9(2)5-3-7(4-6-9)8(10)11/h3-6H2,1-2H3. The van der Waals surface area contributed by atoms with Crippen LogP contribution in [0.15, 0.2) is 11.7 Å². The third-order valence-corrected chi connectivity index (χ3v) is 2.47. The highest BCUT2D eigenvalue weighted by molar-refractivity contribution is 5.06. The number of hydrogen-bond acceptors (Lipinski definition) is 0. The molecule has 1 rings (SSSR count). The van der Waals surface area contributed by atoms with E-state index in [0.717, 1.165) is 12.8 Å². The van der Waals surface area contributed by atoms with Crippen LogP contribution in [0.25, 0.3) is 0 Å². The molecule has 0 saturated heterocycles. The lowest BCUT2D eigenvalue weighted by Gasteiger charge is -2.30. The summed E-state index contributed by atoms with van der Waals surface area (Å²) in [5.74, 6) is 0. The van der Waals surface area contributed by atoms with Crippen molar-refractivity contribution in [3.8, 4) is 0 Å². The monoisotopic (exact) mass is 160 g/mol. The molecule has 0 spiro atoms. The van der Waals surface area contributed by atoms with Gasteiger partial charge in [0, 0.05) is 0 Å². The quantitative estimate of drug-likeness (QED) is 0.506. The molecule has 0 aromatic carbocycles. The van der Waals surface area contributed by atoms with Crippen LogP contribution in [0.5, 0.6) is 0 Å². The topological polar surface area (TPSA) is 0 Å². The first-order chi connectivity index (χ1) is 5.01. The highest BCUT2D eigenvalue weighted by Gasteiger charge is 2.25. The highest BCUT2D eigenvalue weighted by Crippen LogP contribution is 2.38. The van der Waals surface area contributed by atoms with Crippen molar-refractivity contribution in [1.82, 2.24) is 0 Å². The molecular weight excluding hydrogens is 146 g/mol. The molecule has 0 amide bonds. The van der Waals surface area contributed by atoms with Gasteiger partial charge in [0.2, 0.25) is 0 Å². The fourth-order valence-electron chi connectivity index (χ4n) is 1.42. The molecule has 11 heavy (non-hydrogen) atoms. The largest absolute Gasteiger partial charge is 0.269 e. The fourth-order valence-corrected chi connectivity index (χ4v) is 1.42. The molecule has 0 heterocycles. The Kier molecular flexibility index (Phi) is 2.31. The zero-order valence-electron chi connectivity index (χ0n) is 7.08. The van der Waals surface area contributed by atoms with Crippen LogP contribution in [0, 0.1) is 5.41 Å². The van der Waals surface area contributed by atoms with E-state index in [4.69, 9.17) is 0 Å². The van der Waals surface area contributed by atoms with Gasteiger partial charge in [0.15, 0.2) is 0 Å². The molecule has 1 aliphatic carbocycles. The smallest absolute Gasteiger partial charge is 0.173 e. The van der Waals surface area contributed by atoms with Crippen molar-refractivity contribution in [2.24, 2.45) is 5.41 Å². The van der Waals surface area contributed by atoms with Crippen LogP contribution in [-0.2, 0) is 0 Å². The highest BCUT2D eigenvalue weighted by atomic mass is 19.3. The van der Waals surface area contributed by atoms with Gasteiger partial charge in [0.25, 0.3) is 6.08 Å². The van der Waals surface area contributed by atoms with Gasteiger partial charge in [-0.1, -0.05) is 13.8 Å². The minimum Gasteiger partial charge on any atom is -0.173 e. The first kappa shape index (κ1) is 8.69. The average Bonchev–Trinajstić information content (AvgIpc) is 1.86. The van der Waals surface area contributed by atoms with E-state index in [1.54, 1.807) is 0 Å². The molecule has 0 aromatic rings. The third-order valence-electron chi connectivity index (χ3n) is 2.47. The zero-order chi connectivity index (χ0) is 8.48. The molecule has 0 nitrogen and oxygen atoms in total. The van der Waals surface area contributed by atoms with Gasteiger partial charge in [-0.15, -0.1) is 0 Å². The normalized spacial score (nSPS) is 23.5. The van der Waals surface area contributed by atoms with Crippen LogP contribution in [0.2, 0.25) is 0 Å². The zero-order valence-corrected chi connectivity index (χ0v) is 7.08. The van der Waals surface area contributed by atoms with E-state index in [-0.39, 0.29) is 5.41 Å². The van der Waals surface area contributed by atoms with E-state index < -0.39 is 6.08 Å². The summed E-state index contributed by atoms with van der Waals surface area (Å²) in [5, 5.41) is 0. The second-order valence-electron chi connectivity index (χ2n) is 4.03. The van der Waals surface area contributed by atoms with Gasteiger partial charge in [0.1, 0.15) is 0 Å². The number of allylic oxidation sites excluding steroid dienone is 1. The maximum atomic E-state index is 12.1. The van der Waals surface area contributed by atoms with E-state index in [2.05, 4.69) is 13.8 Å². The summed E-state index contributed by atoms with van der Waals surface area (Å²) in [6, 6.07) is 0. The minimum absolute atomic E-state index is 0.277. The molecule has 1 saturated carbocycles. The second kappa shape index (κ2) is 2.92. The first-order valence-electron chi connectivity index (χ1n) is 4.04. The second-order valence-corrected chi connectivity index (χ2v) is 4.03. The van der Waals surface area contributed by atoms with E-state index in [1.807, 2.05) is 0 Å². The van der Waals surface area contributed by atoms with Gasteiger partial charge in [-0.05, 0) is 36.7 Å². The Morgan fingerprint density at radius 3 is 2.00 bits per heavy atom. The molecule has 64 valence electrons. The van der Waals surface area contributed by atoms with Crippen LogP contribution in [0.4, 0.5) is 8.78 Å². The minimum atomic E-state index is -1.44. The Bertz CT molecular complexity index is 164. The average molecular weight is 160 g/mol. The van der Waals surface area contributed by atoms with E-state index in [9.17, 15) is 8.78 Å². The molecule has 2 heteroatoms. The van der Waals surface area contributed by atoms with Gasteiger partial charge in [0.05, 0.1) is 0 Å². The Hall–Kier alpha value is -0.400. The maximum absolute atomic E-state index is 12.1. The molecule has 1 fully saturated rings.